The molecule has 0 saturated carbocycles. The van der Waals surface area contributed by atoms with E-state index >= 15 is 0 Å². The molecule has 2 amide bonds. The molecule has 8 heteroatoms. The number of likely N-dealkylation sites (tertiary alicyclic amines) is 1. The molecule has 2 N–H and O–H groups in total. The number of rotatable bonds is 6. The number of alkyl halides is 1. The van der Waals surface area contributed by atoms with Crippen LogP contribution in [-0.2, 0) is 9.59 Å². The van der Waals surface area contributed by atoms with Crippen molar-refractivity contribution in [2.24, 2.45) is 0 Å². The Balaban J connectivity index is 1.83. The van der Waals surface area contributed by atoms with Crippen molar-refractivity contribution in [2.75, 3.05) is 18.4 Å². The maximum Gasteiger partial charge on any atom is 0.237 e. The number of carbonyl (C=O) groups excluding carboxylic acids is 2. The largest absolute Gasteiger partial charge is 0.325 e. The normalized spacial score (nSPS) is 20.2. The first kappa shape index (κ1) is 18.8. The maximum atomic E-state index is 13.4. The molecule has 1 aromatic heterocycles. The molecule has 1 saturated heterocycles. The molecule has 0 unspecified atom stereocenters. The summed E-state index contributed by atoms with van der Waals surface area (Å²) in [6.45, 7) is 3.48. The Labute approximate surface area is 146 Å². The average molecular weight is 347 g/mol. The lowest BCUT2D eigenvalue weighted by atomic mass is 10.00. The topological polar surface area (TPSA) is 98.1 Å². The Morgan fingerprint density at radius 1 is 1.52 bits per heavy atom. The van der Waals surface area contributed by atoms with Crippen LogP contribution in [0.3, 0.4) is 0 Å². The summed E-state index contributed by atoms with van der Waals surface area (Å²) in [5.41, 5.74) is -0.0406. The third kappa shape index (κ3) is 5.50. The lowest BCUT2D eigenvalue weighted by Crippen LogP contribution is -2.49. The number of carbonyl (C=O) groups is 2. The number of anilines is 1. The molecule has 0 spiro atoms. The zero-order valence-electron chi connectivity index (χ0n) is 14.3. The first-order valence-corrected chi connectivity index (χ1v) is 8.09. The lowest BCUT2D eigenvalue weighted by molar-refractivity contribution is -0.131. The van der Waals surface area contributed by atoms with Crippen molar-refractivity contribution in [3.8, 4) is 6.07 Å². The van der Waals surface area contributed by atoms with E-state index in [1.165, 1.54) is 4.90 Å². The minimum Gasteiger partial charge on any atom is -0.325 e. The van der Waals surface area contributed by atoms with Gasteiger partial charge in [-0.2, -0.15) is 5.26 Å². The number of amides is 2. The van der Waals surface area contributed by atoms with Gasteiger partial charge in [0.25, 0.3) is 0 Å². The molecule has 1 aliphatic rings. The fraction of sp³-hybridized carbons (Fsp3) is 0.529. The molecular formula is C17H22FN5O2. The van der Waals surface area contributed by atoms with Gasteiger partial charge in [-0.25, -0.2) is 4.39 Å². The van der Waals surface area contributed by atoms with E-state index in [0.29, 0.717) is 5.69 Å². The van der Waals surface area contributed by atoms with Gasteiger partial charge in [-0.15, -0.1) is 0 Å². The summed E-state index contributed by atoms with van der Waals surface area (Å²) in [6.07, 6.45) is 2.19. The minimum atomic E-state index is -1.16. The highest BCUT2D eigenvalue weighted by Crippen LogP contribution is 2.20. The van der Waals surface area contributed by atoms with Gasteiger partial charge in [-0.3, -0.25) is 14.6 Å². The number of nitriles is 1. The molecule has 134 valence electrons. The number of hydrogen-bond donors (Lipinski definition) is 2. The van der Waals surface area contributed by atoms with Crippen LogP contribution in [0.5, 0.6) is 0 Å². The standard InChI is InChI=1S/C17H22FN5O2/c1-17(2,7-15(24)22-13-4-3-5-20-9-13)21-10-16(25)23-11-12(18)6-14(23)8-19/h3-5,9,12,14,21H,6-7,10-11H2,1-2H3,(H,22,24)/t12-,14-/m0/s1. The van der Waals surface area contributed by atoms with Crippen molar-refractivity contribution in [2.45, 2.75) is 44.4 Å². The van der Waals surface area contributed by atoms with Crippen LogP contribution in [0, 0.1) is 11.3 Å². The van der Waals surface area contributed by atoms with Gasteiger partial charge < -0.3 is 15.5 Å². The molecule has 2 atom stereocenters. The Kier molecular flexibility index (Phi) is 6.04. The highest BCUT2D eigenvalue weighted by Gasteiger charge is 2.35. The van der Waals surface area contributed by atoms with Crippen LogP contribution in [0.25, 0.3) is 0 Å². The van der Waals surface area contributed by atoms with Crippen molar-refractivity contribution < 1.29 is 14.0 Å². The first-order chi connectivity index (χ1) is 11.8. The third-order valence-electron chi connectivity index (χ3n) is 3.99. The molecule has 1 aliphatic heterocycles. The zero-order chi connectivity index (χ0) is 18.4. The van der Waals surface area contributed by atoms with Crippen molar-refractivity contribution >= 4 is 17.5 Å². The van der Waals surface area contributed by atoms with E-state index in [4.69, 9.17) is 5.26 Å². The summed E-state index contributed by atoms with van der Waals surface area (Å²) in [7, 11) is 0. The van der Waals surface area contributed by atoms with Gasteiger partial charge in [0.1, 0.15) is 12.2 Å². The van der Waals surface area contributed by atoms with Gasteiger partial charge >= 0.3 is 0 Å². The Morgan fingerprint density at radius 3 is 2.92 bits per heavy atom. The Morgan fingerprint density at radius 2 is 2.28 bits per heavy atom. The fourth-order valence-corrected chi connectivity index (χ4v) is 2.70. The molecule has 7 nitrogen and oxygen atoms in total. The second-order valence-corrected chi connectivity index (χ2v) is 6.73. The summed E-state index contributed by atoms with van der Waals surface area (Å²) in [5, 5.41) is 14.7. The molecule has 0 aromatic carbocycles. The molecule has 1 fully saturated rings. The van der Waals surface area contributed by atoms with Gasteiger partial charge in [-0.05, 0) is 26.0 Å². The molecular weight excluding hydrogens is 325 g/mol. The lowest BCUT2D eigenvalue weighted by Gasteiger charge is -2.27. The van der Waals surface area contributed by atoms with E-state index < -0.39 is 17.8 Å². The van der Waals surface area contributed by atoms with E-state index in [2.05, 4.69) is 15.6 Å². The smallest absolute Gasteiger partial charge is 0.237 e. The number of halogens is 1. The summed E-state index contributed by atoms with van der Waals surface area (Å²) in [6, 6.07) is 4.68. The molecule has 2 rings (SSSR count). The minimum absolute atomic E-state index is 0.0547. The van der Waals surface area contributed by atoms with Crippen molar-refractivity contribution in [3.05, 3.63) is 24.5 Å². The second-order valence-electron chi connectivity index (χ2n) is 6.73. The summed E-state index contributed by atoms with van der Waals surface area (Å²) >= 11 is 0. The Hall–Kier alpha value is -2.53. The van der Waals surface area contributed by atoms with Crippen LogP contribution in [0.1, 0.15) is 26.7 Å². The number of hydrogen-bond acceptors (Lipinski definition) is 5. The van der Waals surface area contributed by atoms with Gasteiger partial charge in [0, 0.05) is 24.6 Å². The molecule has 2 heterocycles. The van der Waals surface area contributed by atoms with E-state index in [9.17, 15) is 14.0 Å². The van der Waals surface area contributed by atoms with Gasteiger partial charge in [-0.1, -0.05) is 0 Å². The number of nitrogens with one attached hydrogen (secondary N) is 2. The molecule has 0 radical (unpaired) electrons. The number of aromatic nitrogens is 1. The maximum absolute atomic E-state index is 13.4. The molecule has 0 aliphatic carbocycles. The summed E-state index contributed by atoms with van der Waals surface area (Å²) < 4.78 is 13.4. The summed E-state index contributed by atoms with van der Waals surface area (Å²) in [5.74, 6) is -0.551. The number of pyridine rings is 1. The summed E-state index contributed by atoms with van der Waals surface area (Å²) in [4.78, 5) is 29.5. The zero-order valence-corrected chi connectivity index (χ0v) is 14.3. The quantitative estimate of drug-likeness (QED) is 0.807. The van der Waals surface area contributed by atoms with E-state index in [0.717, 1.165) is 0 Å². The highest BCUT2D eigenvalue weighted by atomic mass is 19.1. The predicted octanol–water partition coefficient (Wildman–Crippen LogP) is 1.24. The van der Waals surface area contributed by atoms with Crippen molar-refractivity contribution in [3.63, 3.8) is 0 Å². The fourth-order valence-electron chi connectivity index (χ4n) is 2.70. The van der Waals surface area contributed by atoms with Gasteiger partial charge in [0.05, 0.1) is 31.0 Å². The Bertz CT molecular complexity index is 659. The second kappa shape index (κ2) is 8.03. The average Bonchev–Trinajstić information content (AvgIpc) is 2.94. The molecule has 25 heavy (non-hydrogen) atoms. The van der Waals surface area contributed by atoms with E-state index in [1.807, 2.05) is 6.07 Å². The third-order valence-corrected chi connectivity index (χ3v) is 3.99. The molecule has 1 aromatic rings. The van der Waals surface area contributed by atoms with E-state index in [1.54, 1.807) is 38.4 Å². The molecule has 0 bridgehead atoms. The monoisotopic (exact) mass is 347 g/mol. The van der Waals surface area contributed by atoms with Crippen LogP contribution in [-0.4, -0.2) is 52.5 Å². The van der Waals surface area contributed by atoms with Crippen molar-refractivity contribution in [1.29, 1.82) is 5.26 Å². The SMILES string of the molecule is CC(C)(CC(=O)Nc1cccnc1)NCC(=O)N1C[C@@H](F)C[C@H]1C#N. The van der Waals surface area contributed by atoms with Crippen LogP contribution in [0.2, 0.25) is 0 Å². The van der Waals surface area contributed by atoms with Crippen LogP contribution in [0.4, 0.5) is 10.1 Å². The van der Waals surface area contributed by atoms with E-state index in [-0.39, 0.29) is 37.7 Å². The van der Waals surface area contributed by atoms with Gasteiger partial charge in [0.2, 0.25) is 11.8 Å². The van der Waals surface area contributed by atoms with Crippen LogP contribution >= 0.6 is 0 Å². The first-order valence-electron chi connectivity index (χ1n) is 8.09. The van der Waals surface area contributed by atoms with Gasteiger partial charge in [0.15, 0.2) is 0 Å². The highest BCUT2D eigenvalue weighted by molar-refractivity contribution is 5.91. The van der Waals surface area contributed by atoms with Crippen LogP contribution in [0.15, 0.2) is 24.5 Å². The number of nitrogens with zero attached hydrogens (tertiary/aromatic N) is 3. The predicted molar refractivity (Wildman–Crippen MR) is 90.2 cm³/mol. The van der Waals surface area contributed by atoms with Crippen molar-refractivity contribution in [1.82, 2.24) is 15.2 Å². The van der Waals surface area contributed by atoms with Crippen LogP contribution < -0.4 is 10.6 Å².